The number of para-hydroxylation sites is 1. The maximum absolute atomic E-state index is 3.79. The third kappa shape index (κ3) is 4.71. The lowest BCUT2D eigenvalue weighted by molar-refractivity contribution is 0.664. The van der Waals surface area contributed by atoms with E-state index >= 15 is 0 Å². The Labute approximate surface area is 299 Å². The van der Waals surface area contributed by atoms with Crippen LogP contribution in [0.1, 0.15) is 42.0 Å². The molecule has 0 saturated carbocycles. The first-order valence-corrected chi connectivity index (χ1v) is 18.0. The molecule has 2 heteroatoms. The number of nitrogens with zero attached hydrogens (tertiary/aromatic N) is 1. The number of benzene rings is 7. The smallest absolute Gasteiger partial charge is 0.0588 e. The van der Waals surface area contributed by atoms with Crippen LogP contribution in [0.15, 0.2) is 176 Å². The van der Waals surface area contributed by atoms with Gasteiger partial charge in [0.25, 0.3) is 0 Å². The second-order valence-electron chi connectivity index (χ2n) is 14.6. The maximum atomic E-state index is 3.79. The fourth-order valence-electron chi connectivity index (χ4n) is 8.84. The first-order valence-electron chi connectivity index (χ1n) is 18.0. The molecule has 0 aliphatic heterocycles. The molecule has 0 radical (unpaired) electrons. The van der Waals surface area contributed by atoms with Crippen LogP contribution in [-0.2, 0) is 5.41 Å². The predicted octanol–water partition coefficient (Wildman–Crippen LogP) is 12.5. The minimum absolute atomic E-state index is 0.142. The zero-order valence-corrected chi connectivity index (χ0v) is 28.8. The van der Waals surface area contributed by atoms with E-state index in [-0.39, 0.29) is 17.4 Å². The number of anilines is 1. The number of rotatable bonds is 5. The van der Waals surface area contributed by atoms with Gasteiger partial charge in [-0.2, -0.15) is 0 Å². The Balaban J connectivity index is 1.18. The van der Waals surface area contributed by atoms with Crippen molar-refractivity contribution in [3.05, 3.63) is 198 Å². The lowest BCUT2D eigenvalue weighted by atomic mass is 9.81. The zero-order valence-electron chi connectivity index (χ0n) is 28.8. The van der Waals surface area contributed by atoms with Gasteiger partial charge in [-0.15, -0.1) is 0 Å². The van der Waals surface area contributed by atoms with E-state index in [4.69, 9.17) is 0 Å². The Hall–Kier alpha value is -6.12. The van der Waals surface area contributed by atoms with Crippen molar-refractivity contribution >= 4 is 43.8 Å². The summed E-state index contributed by atoms with van der Waals surface area (Å²) in [6.07, 6.45) is 7.10. The Morgan fingerprint density at radius 3 is 2.20 bits per heavy atom. The molecule has 2 aliphatic rings. The second-order valence-corrected chi connectivity index (χ2v) is 14.6. The molecule has 0 bridgehead atoms. The van der Waals surface area contributed by atoms with Crippen molar-refractivity contribution < 1.29 is 0 Å². The molecule has 8 aromatic rings. The fourth-order valence-corrected chi connectivity index (χ4v) is 8.84. The van der Waals surface area contributed by atoms with Crippen molar-refractivity contribution in [3.8, 4) is 16.8 Å². The van der Waals surface area contributed by atoms with E-state index in [0.29, 0.717) is 0 Å². The standard InChI is InChI=1S/C49H38N2/c1-49(2)44-20-12-11-19-39(44)40-25-26-41-43-31-36(23-28-46(43)51(48(41)47(40)49)38-24-21-32-13-9-10-16-34(32)29-38)35-22-27-45(50-37-17-7-4-8-18-37)42(30-35)33-14-5-3-6-15-33/h3-31,42,45,50H,1-2H3. The summed E-state index contributed by atoms with van der Waals surface area (Å²) in [5, 5.41) is 8.87. The number of aromatic nitrogens is 1. The number of fused-ring (bicyclic) bond motifs is 8. The van der Waals surface area contributed by atoms with Crippen LogP contribution in [0.5, 0.6) is 0 Å². The summed E-state index contributed by atoms with van der Waals surface area (Å²) in [5.74, 6) is 0.184. The number of nitrogens with one attached hydrogen (secondary N) is 1. The van der Waals surface area contributed by atoms with Gasteiger partial charge in [0.2, 0.25) is 0 Å². The molecule has 1 aromatic heterocycles. The number of hydrogen-bond donors (Lipinski definition) is 1. The molecule has 51 heavy (non-hydrogen) atoms. The maximum Gasteiger partial charge on any atom is 0.0588 e. The van der Waals surface area contributed by atoms with Gasteiger partial charge in [-0.25, -0.2) is 0 Å². The lowest BCUT2D eigenvalue weighted by Crippen LogP contribution is -2.26. The molecule has 0 fully saturated rings. The van der Waals surface area contributed by atoms with E-state index in [1.54, 1.807) is 0 Å². The molecule has 0 saturated heterocycles. The summed E-state index contributed by atoms with van der Waals surface area (Å²) in [5.41, 5.74) is 14.0. The minimum Gasteiger partial charge on any atom is -0.378 e. The molecule has 2 unspecified atom stereocenters. The van der Waals surface area contributed by atoms with Gasteiger partial charge in [-0.1, -0.05) is 153 Å². The van der Waals surface area contributed by atoms with Gasteiger partial charge in [-0.05, 0) is 86.1 Å². The molecule has 2 aliphatic carbocycles. The topological polar surface area (TPSA) is 17.0 Å². The van der Waals surface area contributed by atoms with Crippen molar-refractivity contribution in [1.29, 1.82) is 0 Å². The number of allylic oxidation sites excluding steroid dienone is 2. The SMILES string of the molecule is CC1(C)c2ccccc2-c2ccc3c4cc(C5=CC(c6ccccc6)C(Nc6ccccc6)C=C5)ccc4n(-c4ccc5ccccc5c4)c3c21. The second kappa shape index (κ2) is 11.5. The van der Waals surface area contributed by atoms with E-state index < -0.39 is 0 Å². The molecule has 2 atom stereocenters. The number of hydrogen-bond acceptors (Lipinski definition) is 1. The molecule has 0 spiro atoms. The van der Waals surface area contributed by atoms with Crippen LogP contribution in [0.2, 0.25) is 0 Å². The molecule has 1 N–H and O–H groups in total. The summed E-state index contributed by atoms with van der Waals surface area (Å²) in [7, 11) is 0. The highest BCUT2D eigenvalue weighted by atomic mass is 15.0. The fraction of sp³-hybridized carbons (Fsp3) is 0.102. The van der Waals surface area contributed by atoms with Gasteiger partial charge in [0.05, 0.1) is 17.1 Å². The van der Waals surface area contributed by atoms with E-state index in [0.717, 1.165) is 5.69 Å². The summed E-state index contributed by atoms with van der Waals surface area (Å²) in [6, 6.07) is 57.9. The largest absolute Gasteiger partial charge is 0.378 e. The van der Waals surface area contributed by atoms with Crippen LogP contribution in [0.3, 0.4) is 0 Å². The van der Waals surface area contributed by atoms with Crippen LogP contribution in [0, 0.1) is 0 Å². The van der Waals surface area contributed by atoms with E-state index in [9.17, 15) is 0 Å². The van der Waals surface area contributed by atoms with Gasteiger partial charge in [0, 0.05) is 33.5 Å². The summed E-state index contributed by atoms with van der Waals surface area (Å²) < 4.78 is 2.53. The molecule has 1 heterocycles. The summed E-state index contributed by atoms with van der Waals surface area (Å²) >= 11 is 0. The molecule has 0 amide bonds. The van der Waals surface area contributed by atoms with E-state index in [1.165, 1.54) is 77.2 Å². The highest BCUT2D eigenvalue weighted by Gasteiger charge is 2.38. The van der Waals surface area contributed by atoms with Crippen molar-refractivity contribution in [1.82, 2.24) is 4.57 Å². The molecule has 244 valence electrons. The Morgan fingerprint density at radius 1 is 0.608 bits per heavy atom. The zero-order chi connectivity index (χ0) is 34.1. The Morgan fingerprint density at radius 2 is 1.35 bits per heavy atom. The van der Waals surface area contributed by atoms with Crippen molar-refractivity contribution in [3.63, 3.8) is 0 Å². The first-order chi connectivity index (χ1) is 25.0. The monoisotopic (exact) mass is 654 g/mol. The van der Waals surface area contributed by atoms with Crippen LogP contribution >= 0.6 is 0 Å². The van der Waals surface area contributed by atoms with Gasteiger partial charge in [0.1, 0.15) is 0 Å². The van der Waals surface area contributed by atoms with Crippen LogP contribution in [0.4, 0.5) is 5.69 Å². The van der Waals surface area contributed by atoms with E-state index in [1.807, 2.05) is 0 Å². The third-order valence-corrected chi connectivity index (χ3v) is 11.3. The van der Waals surface area contributed by atoms with Gasteiger partial charge in [0.15, 0.2) is 0 Å². The first kappa shape index (κ1) is 29.8. The summed E-state index contributed by atoms with van der Waals surface area (Å²) in [6.45, 7) is 4.79. The molecule has 10 rings (SSSR count). The normalized spacial score (nSPS) is 17.4. The van der Waals surface area contributed by atoms with Crippen LogP contribution in [0.25, 0.3) is 55.0 Å². The van der Waals surface area contributed by atoms with Gasteiger partial charge in [-0.3, -0.25) is 0 Å². The average molecular weight is 655 g/mol. The minimum atomic E-state index is -0.143. The van der Waals surface area contributed by atoms with Crippen molar-refractivity contribution in [2.75, 3.05) is 5.32 Å². The Bertz CT molecular complexity index is 2690. The highest BCUT2D eigenvalue weighted by Crippen LogP contribution is 2.53. The Kier molecular flexibility index (Phi) is 6.69. The predicted molar refractivity (Wildman–Crippen MR) is 216 cm³/mol. The molecule has 2 nitrogen and oxygen atoms in total. The molecular formula is C49H38N2. The highest BCUT2D eigenvalue weighted by molar-refractivity contribution is 6.14. The molecular weight excluding hydrogens is 617 g/mol. The lowest BCUT2D eigenvalue weighted by Gasteiger charge is -2.28. The summed E-state index contributed by atoms with van der Waals surface area (Å²) in [4.78, 5) is 0. The van der Waals surface area contributed by atoms with Crippen molar-refractivity contribution in [2.45, 2.75) is 31.2 Å². The van der Waals surface area contributed by atoms with Gasteiger partial charge >= 0.3 is 0 Å². The molecule has 7 aromatic carbocycles. The van der Waals surface area contributed by atoms with Crippen LogP contribution < -0.4 is 5.32 Å². The third-order valence-electron chi connectivity index (χ3n) is 11.3. The van der Waals surface area contributed by atoms with Crippen LogP contribution in [-0.4, -0.2) is 10.6 Å². The average Bonchev–Trinajstić information content (AvgIpc) is 3.63. The quantitative estimate of drug-likeness (QED) is 0.195. The van der Waals surface area contributed by atoms with Gasteiger partial charge < -0.3 is 9.88 Å². The van der Waals surface area contributed by atoms with E-state index in [2.05, 4.69) is 200 Å². The van der Waals surface area contributed by atoms with Crippen molar-refractivity contribution in [2.24, 2.45) is 0 Å².